The molecule has 3 rings (SSSR count). The van der Waals surface area contributed by atoms with Crippen LogP contribution in [0.4, 0.5) is 14.6 Å². The number of carbonyl (C=O) groups is 1. The van der Waals surface area contributed by atoms with Crippen molar-refractivity contribution in [3.63, 3.8) is 0 Å². The standard InChI is InChI=1S/C16H16F2N6O/c1-8-5-12(16(3,17)18)22-15(20-8)14-10-6-13(21-9(2)25)19-7-11(10)24(4)23-14/h5-7H,1-4H3,(H,19,21,25). The summed E-state index contributed by atoms with van der Waals surface area (Å²) in [4.78, 5) is 23.6. The van der Waals surface area contributed by atoms with Crippen molar-refractivity contribution in [3.05, 3.63) is 29.7 Å². The number of nitrogens with one attached hydrogen (secondary N) is 1. The lowest BCUT2D eigenvalue weighted by atomic mass is 10.2. The second-order valence-electron chi connectivity index (χ2n) is 5.85. The third-order valence-electron chi connectivity index (χ3n) is 3.56. The Hall–Kier alpha value is -2.97. The Bertz CT molecular complexity index is 977. The average molecular weight is 346 g/mol. The minimum Gasteiger partial charge on any atom is -0.311 e. The third kappa shape index (κ3) is 3.30. The number of carbonyl (C=O) groups excluding carboxylic acids is 1. The number of alkyl halides is 2. The molecule has 0 aliphatic heterocycles. The number of hydrogen-bond acceptors (Lipinski definition) is 5. The first-order valence-corrected chi connectivity index (χ1v) is 7.50. The van der Waals surface area contributed by atoms with Gasteiger partial charge in [0.1, 0.15) is 17.2 Å². The van der Waals surface area contributed by atoms with Crippen LogP contribution in [0.2, 0.25) is 0 Å². The maximum absolute atomic E-state index is 13.7. The lowest BCUT2D eigenvalue weighted by molar-refractivity contribution is -0.114. The molecule has 3 heterocycles. The van der Waals surface area contributed by atoms with Crippen molar-refractivity contribution in [1.29, 1.82) is 0 Å². The number of aryl methyl sites for hydroxylation is 2. The van der Waals surface area contributed by atoms with Gasteiger partial charge in [-0.1, -0.05) is 0 Å². The number of aromatic nitrogens is 5. The van der Waals surface area contributed by atoms with Gasteiger partial charge in [-0.05, 0) is 19.1 Å². The van der Waals surface area contributed by atoms with Gasteiger partial charge in [-0.15, -0.1) is 0 Å². The first kappa shape index (κ1) is 16.9. The quantitative estimate of drug-likeness (QED) is 0.788. The molecular formula is C16H16F2N6O. The molecule has 0 aliphatic rings. The first-order valence-electron chi connectivity index (χ1n) is 7.50. The van der Waals surface area contributed by atoms with E-state index in [2.05, 4.69) is 25.4 Å². The molecule has 9 heteroatoms. The van der Waals surface area contributed by atoms with Crippen molar-refractivity contribution in [3.8, 4) is 11.5 Å². The van der Waals surface area contributed by atoms with Gasteiger partial charge in [0.2, 0.25) is 5.91 Å². The van der Waals surface area contributed by atoms with Gasteiger partial charge in [-0.2, -0.15) is 13.9 Å². The summed E-state index contributed by atoms with van der Waals surface area (Å²) in [7, 11) is 1.71. The molecule has 0 unspecified atom stereocenters. The summed E-state index contributed by atoms with van der Waals surface area (Å²) >= 11 is 0. The molecule has 3 aromatic heterocycles. The average Bonchev–Trinajstić information content (AvgIpc) is 2.82. The Morgan fingerprint density at radius 3 is 2.64 bits per heavy atom. The van der Waals surface area contributed by atoms with Gasteiger partial charge in [0.05, 0.1) is 11.7 Å². The zero-order chi connectivity index (χ0) is 18.4. The topological polar surface area (TPSA) is 85.6 Å². The van der Waals surface area contributed by atoms with Gasteiger partial charge in [-0.25, -0.2) is 15.0 Å². The minimum atomic E-state index is -3.09. The Morgan fingerprint density at radius 1 is 1.28 bits per heavy atom. The van der Waals surface area contributed by atoms with E-state index in [9.17, 15) is 13.6 Å². The molecule has 7 nitrogen and oxygen atoms in total. The van der Waals surface area contributed by atoms with Crippen LogP contribution in [0.15, 0.2) is 18.3 Å². The van der Waals surface area contributed by atoms with E-state index >= 15 is 0 Å². The number of nitrogens with zero attached hydrogens (tertiary/aromatic N) is 5. The fourth-order valence-electron chi connectivity index (χ4n) is 2.47. The highest BCUT2D eigenvalue weighted by Crippen LogP contribution is 2.30. The lowest BCUT2D eigenvalue weighted by Gasteiger charge is -2.11. The van der Waals surface area contributed by atoms with Crippen LogP contribution in [-0.4, -0.2) is 30.6 Å². The second kappa shape index (κ2) is 5.83. The van der Waals surface area contributed by atoms with Gasteiger partial charge in [0.25, 0.3) is 5.92 Å². The Labute approximate surface area is 142 Å². The second-order valence-corrected chi connectivity index (χ2v) is 5.85. The van der Waals surface area contributed by atoms with E-state index in [-0.39, 0.29) is 17.4 Å². The predicted octanol–water partition coefficient (Wildman–Crippen LogP) is 2.80. The first-order chi connectivity index (χ1) is 11.6. The van der Waals surface area contributed by atoms with Gasteiger partial charge < -0.3 is 5.32 Å². The van der Waals surface area contributed by atoms with Crippen LogP contribution in [0.1, 0.15) is 25.2 Å². The van der Waals surface area contributed by atoms with Crippen LogP contribution in [0.3, 0.4) is 0 Å². The van der Waals surface area contributed by atoms with Gasteiger partial charge >= 0.3 is 0 Å². The number of hydrogen-bond donors (Lipinski definition) is 1. The van der Waals surface area contributed by atoms with Crippen molar-refractivity contribution in [2.75, 3.05) is 5.32 Å². The molecule has 0 atom stereocenters. The summed E-state index contributed by atoms with van der Waals surface area (Å²) in [5, 5.41) is 7.53. The van der Waals surface area contributed by atoms with Gasteiger partial charge in [-0.3, -0.25) is 9.48 Å². The van der Waals surface area contributed by atoms with Crippen LogP contribution >= 0.6 is 0 Å². The third-order valence-corrected chi connectivity index (χ3v) is 3.56. The SMILES string of the molecule is CC(=O)Nc1cc2c(-c3nc(C)cc(C(C)(F)F)n3)nn(C)c2cn1. The van der Waals surface area contributed by atoms with Crippen LogP contribution in [0.5, 0.6) is 0 Å². The fourth-order valence-corrected chi connectivity index (χ4v) is 2.47. The smallest absolute Gasteiger partial charge is 0.287 e. The van der Waals surface area contributed by atoms with E-state index in [0.717, 1.165) is 6.92 Å². The molecule has 130 valence electrons. The van der Waals surface area contributed by atoms with Crippen molar-refractivity contribution in [2.24, 2.45) is 7.05 Å². The number of rotatable bonds is 3. The summed E-state index contributed by atoms with van der Waals surface area (Å²) in [5.74, 6) is -2.92. The van der Waals surface area contributed by atoms with Crippen molar-refractivity contribution < 1.29 is 13.6 Å². The molecule has 1 N–H and O–H groups in total. The predicted molar refractivity (Wildman–Crippen MR) is 88.1 cm³/mol. The zero-order valence-electron chi connectivity index (χ0n) is 14.1. The Balaban J connectivity index is 2.21. The molecule has 1 amide bonds. The molecule has 25 heavy (non-hydrogen) atoms. The Kier molecular flexibility index (Phi) is 3.94. The molecule has 0 saturated carbocycles. The molecule has 0 aromatic carbocycles. The molecule has 0 radical (unpaired) electrons. The molecule has 0 saturated heterocycles. The van der Waals surface area contributed by atoms with Crippen LogP contribution < -0.4 is 5.32 Å². The number of amides is 1. The molecule has 0 fully saturated rings. The van der Waals surface area contributed by atoms with E-state index in [4.69, 9.17) is 0 Å². The normalized spacial score (nSPS) is 11.8. The van der Waals surface area contributed by atoms with Crippen LogP contribution in [-0.2, 0) is 17.8 Å². The van der Waals surface area contributed by atoms with Crippen molar-refractivity contribution in [1.82, 2.24) is 24.7 Å². The van der Waals surface area contributed by atoms with Crippen LogP contribution in [0.25, 0.3) is 22.4 Å². The van der Waals surface area contributed by atoms with Crippen molar-refractivity contribution in [2.45, 2.75) is 26.7 Å². The summed E-state index contributed by atoms with van der Waals surface area (Å²) < 4.78 is 28.9. The number of pyridine rings is 1. The highest BCUT2D eigenvalue weighted by Gasteiger charge is 2.28. The number of fused-ring (bicyclic) bond motifs is 1. The highest BCUT2D eigenvalue weighted by molar-refractivity contribution is 5.95. The van der Waals surface area contributed by atoms with E-state index in [0.29, 0.717) is 28.1 Å². The largest absolute Gasteiger partial charge is 0.311 e. The van der Waals surface area contributed by atoms with E-state index in [1.165, 1.54) is 13.0 Å². The summed E-state index contributed by atoms with van der Waals surface area (Å²) in [6.45, 7) is 3.78. The van der Waals surface area contributed by atoms with Crippen molar-refractivity contribution >= 4 is 22.6 Å². The van der Waals surface area contributed by atoms with E-state index in [1.54, 1.807) is 30.9 Å². The monoisotopic (exact) mass is 346 g/mol. The van der Waals surface area contributed by atoms with E-state index < -0.39 is 5.92 Å². The highest BCUT2D eigenvalue weighted by atomic mass is 19.3. The van der Waals surface area contributed by atoms with Crippen LogP contribution in [0, 0.1) is 6.92 Å². The number of anilines is 1. The summed E-state index contributed by atoms with van der Waals surface area (Å²) in [6, 6.07) is 2.87. The summed E-state index contributed by atoms with van der Waals surface area (Å²) in [6.07, 6.45) is 1.54. The van der Waals surface area contributed by atoms with Gasteiger partial charge in [0.15, 0.2) is 5.82 Å². The zero-order valence-corrected chi connectivity index (χ0v) is 14.1. The molecule has 0 spiro atoms. The maximum Gasteiger partial charge on any atom is 0.287 e. The Morgan fingerprint density at radius 2 is 2.00 bits per heavy atom. The van der Waals surface area contributed by atoms with Gasteiger partial charge in [0, 0.05) is 32.0 Å². The molecule has 3 aromatic rings. The fraction of sp³-hybridized carbons (Fsp3) is 0.312. The minimum absolute atomic E-state index is 0.0992. The molecular weight excluding hydrogens is 330 g/mol. The lowest BCUT2D eigenvalue weighted by Crippen LogP contribution is -2.12. The molecule has 0 bridgehead atoms. The maximum atomic E-state index is 13.7. The summed E-state index contributed by atoms with van der Waals surface area (Å²) in [5.41, 5.74) is 1.06. The molecule has 0 aliphatic carbocycles. The number of halogens is 2. The van der Waals surface area contributed by atoms with E-state index in [1.807, 2.05) is 0 Å².